The van der Waals surface area contributed by atoms with Crippen LogP contribution in [0.1, 0.15) is 18.5 Å². The minimum atomic E-state index is -1.46. The molecule has 1 atom stereocenters. The Balaban J connectivity index is 2.57. The van der Waals surface area contributed by atoms with Crippen molar-refractivity contribution >= 4 is 35.3 Å². The molecule has 8 heteroatoms. The second-order valence-corrected chi connectivity index (χ2v) is 5.19. The first kappa shape index (κ1) is 15.2. The van der Waals surface area contributed by atoms with E-state index in [1.165, 1.54) is 13.0 Å². The van der Waals surface area contributed by atoms with Gasteiger partial charge in [-0.25, -0.2) is 14.5 Å². The summed E-state index contributed by atoms with van der Waals surface area (Å²) in [5.41, 5.74) is 0.659. The van der Waals surface area contributed by atoms with Gasteiger partial charge in [-0.2, -0.15) is 5.26 Å². The zero-order valence-corrected chi connectivity index (χ0v) is 12.2. The molecule has 108 valence electrons. The predicted molar refractivity (Wildman–Crippen MR) is 75.9 cm³/mol. The van der Waals surface area contributed by atoms with Crippen LogP contribution in [0.25, 0.3) is 0 Å². The van der Waals surface area contributed by atoms with Crippen LogP contribution in [0.3, 0.4) is 0 Å². The van der Waals surface area contributed by atoms with Crippen molar-refractivity contribution in [1.29, 1.82) is 5.26 Å². The van der Waals surface area contributed by atoms with Gasteiger partial charge in [0.1, 0.15) is 0 Å². The molecule has 1 aliphatic heterocycles. The minimum Gasteiger partial charge on any atom is -0.464 e. The summed E-state index contributed by atoms with van der Waals surface area (Å²) < 4.78 is 0. The number of carboxylic acid groups (broad SMARTS) is 1. The number of imide groups is 1. The summed E-state index contributed by atoms with van der Waals surface area (Å²) in [5.74, 6) is 0. The van der Waals surface area contributed by atoms with Gasteiger partial charge in [0.2, 0.25) is 0 Å². The van der Waals surface area contributed by atoms with Gasteiger partial charge in [-0.1, -0.05) is 23.2 Å². The molecule has 0 spiro atoms. The van der Waals surface area contributed by atoms with Gasteiger partial charge in [-0.3, -0.25) is 0 Å². The van der Waals surface area contributed by atoms with Crippen molar-refractivity contribution < 1.29 is 14.7 Å². The van der Waals surface area contributed by atoms with Gasteiger partial charge in [0, 0.05) is 15.7 Å². The number of nitrogens with zero attached hydrogens (tertiary/aromatic N) is 2. The molecular formula is C13H9Cl2N3O3. The van der Waals surface area contributed by atoms with E-state index in [0.717, 1.165) is 0 Å². The average Bonchev–Trinajstić information content (AvgIpc) is 2.36. The van der Waals surface area contributed by atoms with Crippen LogP contribution in [0.4, 0.5) is 9.59 Å². The molecule has 1 unspecified atom stereocenters. The fourth-order valence-electron chi connectivity index (χ4n) is 2.11. The van der Waals surface area contributed by atoms with E-state index in [-0.39, 0.29) is 11.3 Å². The highest BCUT2D eigenvalue weighted by molar-refractivity contribution is 6.34. The van der Waals surface area contributed by atoms with Crippen molar-refractivity contribution in [3.8, 4) is 6.07 Å². The Hall–Kier alpha value is -2.23. The van der Waals surface area contributed by atoms with Crippen molar-refractivity contribution in [3.63, 3.8) is 0 Å². The third-order valence-electron chi connectivity index (χ3n) is 3.01. The normalized spacial score (nSPS) is 18.3. The van der Waals surface area contributed by atoms with Gasteiger partial charge in [0.15, 0.2) is 0 Å². The Morgan fingerprint density at radius 1 is 1.38 bits per heavy atom. The van der Waals surface area contributed by atoms with Crippen molar-refractivity contribution in [2.75, 3.05) is 0 Å². The second kappa shape index (κ2) is 5.64. The number of hydrogen-bond acceptors (Lipinski definition) is 3. The number of rotatable bonds is 1. The summed E-state index contributed by atoms with van der Waals surface area (Å²) in [6.07, 6.45) is -1.46. The number of amides is 3. The Bertz CT molecular complexity index is 689. The maximum atomic E-state index is 11.9. The SMILES string of the molecule is CC1=C(C#N)C(c2cc(Cl)cc(Cl)c2)NC(=O)N1C(=O)O. The van der Waals surface area contributed by atoms with E-state index >= 15 is 0 Å². The van der Waals surface area contributed by atoms with E-state index in [0.29, 0.717) is 20.5 Å². The highest BCUT2D eigenvalue weighted by atomic mass is 35.5. The zero-order chi connectivity index (χ0) is 15.7. The molecule has 0 saturated heterocycles. The lowest BCUT2D eigenvalue weighted by atomic mass is 9.96. The number of benzene rings is 1. The summed E-state index contributed by atoms with van der Waals surface area (Å²) in [6, 6.07) is 4.92. The Morgan fingerprint density at radius 2 is 1.95 bits per heavy atom. The third kappa shape index (κ3) is 2.79. The van der Waals surface area contributed by atoms with Gasteiger partial charge < -0.3 is 10.4 Å². The molecule has 0 radical (unpaired) electrons. The monoisotopic (exact) mass is 325 g/mol. The fraction of sp³-hybridized carbons (Fsp3) is 0.154. The predicted octanol–water partition coefficient (Wildman–Crippen LogP) is 3.54. The van der Waals surface area contributed by atoms with Crippen molar-refractivity contribution in [2.24, 2.45) is 0 Å². The lowest BCUT2D eigenvalue weighted by Gasteiger charge is -2.31. The van der Waals surface area contributed by atoms with Crippen LogP contribution in [0, 0.1) is 11.3 Å². The van der Waals surface area contributed by atoms with Gasteiger partial charge in [0.05, 0.1) is 17.7 Å². The highest BCUT2D eigenvalue weighted by Gasteiger charge is 2.35. The van der Waals surface area contributed by atoms with Gasteiger partial charge in [-0.15, -0.1) is 0 Å². The van der Waals surface area contributed by atoms with Crippen LogP contribution < -0.4 is 5.32 Å². The third-order valence-corrected chi connectivity index (χ3v) is 3.45. The first-order valence-electron chi connectivity index (χ1n) is 5.75. The molecular weight excluding hydrogens is 317 g/mol. The average molecular weight is 326 g/mol. The number of hydrogen-bond donors (Lipinski definition) is 2. The number of nitriles is 1. The van der Waals surface area contributed by atoms with Crippen molar-refractivity contribution in [2.45, 2.75) is 13.0 Å². The second-order valence-electron chi connectivity index (χ2n) is 4.31. The number of urea groups is 1. The number of allylic oxidation sites excluding steroid dienone is 1. The molecule has 1 aliphatic rings. The maximum Gasteiger partial charge on any atom is 0.419 e. The Morgan fingerprint density at radius 3 is 2.43 bits per heavy atom. The molecule has 2 N–H and O–H groups in total. The molecule has 6 nitrogen and oxygen atoms in total. The number of carbonyl (C=O) groups excluding carboxylic acids is 1. The van der Waals surface area contributed by atoms with Crippen LogP contribution >= 0.6 is 23.2 Å². The molecule has 3 amide bonds. The summed E-state index contributed by atoms with van der Waals surface area (Å²) in [6.45, 7) is 1.39. The molecule has 1 heterocycles. The summed E-state index contributed by atoms with van der Waals surface area (Å²) in [4.78, 5) is 23.4. The fourth-order valence-corrected chi connectivity index (χ4v) is 2.65. The van der Waals surface area contributed by atoms with E-state index in [1.54, 1.807) is 12.1 Å². The van der Waals surface area contributed by atoms with Crippen molar-refractivity contribution in [1.82, 2.24) is 10.2 Å². The Kier molecular flexibility index (Phi) is 4.07. The molecule has 1 aromatic rings. The minimum absolute atomic E-state index is 0.0508. The van der Waals surface area contributed by atoms with Gasteiger partial charge >= 0.3 is 12.1 Å². The molecule has 0 aliphatic carbocycles. The number of carbonyl (C=O) groups is 2. The van der Waals surface area contributed by atoms with E-state index < -0.39 is 18.2 Å². The summed E-state index contributed by atoms with van der Waals surface area (Å²) in [5, 5.41) is 21.4. The largest absolute Gasteiger partial charge is 0.464 e. The van der Waals surface area contributed by atoms with Crippen LogP contribution in [-0.4, -0.2) is 22.1 Å². The summed E-state index contributed by atoms with van der Waals surface area (Å²) >= 11 is 11.8. The number of halogens is 2. The Labute approximate surface area is 130 Å². The topological polar surface area (TPSA) is 93.4 Å². The van der Waals surface area contributed by atoms with Gasteiger partial charge in [-0.05, 0) is 30.7 Å². The molecule has 1 aromatic carbocycles. The van der Waals surface area contributed by atoms with Crippen LogP contribution in [-0.2, 0) is 0 Å². The number of nitrogens with one attached hydrogen (secondary N) is 1. The molecule has 0 bridgehead atoms. The first-order chi connectivity index (χ1) is 9.85. The smallest absolute Gasteiger partial charge is 0.419 e. The first-order valence-corrected chi connectivity index (χ1v) is 6.51. The highest BCUT2D eigenvalue weighted by Crippen LogP contribution is 2.32. The van der Waals surface area contributed by atoms with Crippen LogP contribution in [0.15, 0.2) is 29.5 Å². The summed E-state index contributed by atoms with van der Waals surface area (Å²) in [7, 11) is 0. The molecule has 0 saturated carbocycles. The van der Waals surface area contributed by atoms with E-state index in [2.05, 4.69) is 5.32 Å². The molecule has 21 heavy (non-hydrogen) atoms. The van der Waals surface area contributed by atoms with E-state index in [1.807, 2.05) is 6.07 Å². The quantitative estimate of drug-likeness (QED) is 0.825. The molecule has 0 fully saturated rings. The lowest BCUT2D eigenvalue weighted by molar-refractivity contribution is 0.155. The molecule has 2 rings (SSSR count). The maximum absolute atomic E-state index is 11.9. The van der Waals surface area contributed by atoms with Gasteiger partial charge in [0.25, 0.3) is 0 Å². The van der Waals surface area contributed by atoms with E-state index in [9.17, 15) is 14.9 Å². The molecule has 0 aromatic heterocycles. The standard InChI is InChI=1S/C13H9Cl2N3O3/c1-6-10(5-16)11(17-12(19)18(6)13(20)21)7-2-8(14)4-9(15)3-7/h2-4,11H,1H3,(H,17,19)(H,20,21). The van der Waals surface area contributed by atoms with Crippen LogP contribution in [0.2, 0.25) is 10.0 Å². The van der Waals surface area contributed by atoms with Crippen LogP contribution in [0.5, 0.6) is 0 Å². The van der Waals surface area contributed by atoms with Crippen molar-refractivity contribution in [3.05, 3.63) is 45.1 Å². The van der Waals surface area contributed by atoms with E-state index in [4.69, 9.17) is 28.3 Å². The zero-order valence-electron chi connectivity index (χ0n) is 10.7. The lowest BCUT2D eigenvalue weighted by Crippen LogP contribution is -2.48.